The predicted octanol–water partition coefficient (Wildman–Crippen LogP) is 3.58. The van der Waals surface area contributed by atoms with Gasteiger partial charge in [0, 0.05) is 30.4 Å². The molecule has 7 nitrogen and oxygen atoms in total. The summed E-state index contributed by atoms with van der Waals surface area (Å²) < 4.78 is 16.3. The Hall–Kier alpha value is -3.58. The number of hydrogen-bond acceptors (Lipinski definition) is 7. The fraction of sp³-hybridized carbons (Fsp3) is 0.250. The monoisotopic (exact) mass is 420 g/mol. The maximum absolute atomic E-state index is 12.3. The molecular weight excluding hydrogens is 396 g/mol. The predicted molar refractivity (Wildman–Crippen MR) is 116 cm³/mol. The van der Waals surface area contributed by atoms with Crippen molar-refractivity contribution in [2.24, 2.45) is 0 Å². The van der Waals surface area contributed by atoms with Gasteiger partial charge in [0.25, 0.3) is 0 Å². The lowest BCUT2D eigenvalue weighted by atomic mass is 10.1. The second-order valence-corrected chi connectivity index (χ2v) is 7.11. The second kappa shape index (κ2) is 9.49. The van der Waals surface area contributed by atoms with Gasteiger partial charge in [-0.2, -0.15) is 0 Å². The highest BCUT2D eigenvalue weighted by Crippen LogP contribution is 2.32. The number of ether oxygens (including phenoxy) is 3. The summed E-state index contributed by atoms with van der Waals surface area (Å²) in [6, 6.07) is 17.8. The van der Waals surface area contributed by atoms with Crippen LogP contribution < -0.4 is 9.64 Å². The van der Waals surface area contributed by atoms with Gasteiger partial charge in [-0.05, 0) is 42.0 Å². The molecule has 1 aliphatic heterocycles. The van der Waals surface area contributed by atoms with Gasteiger partial charge in [0.15, 0.2) is 0 Å². The lowest BCUT2D eigenvalue weighted by Crippen LogP contribution is -2.37. The maximum atomic E-state index is 12.3. The van der Waals surface area contributed by atoms with Crippen LogP contribution in [0.1, 0.15) is 11.7 Å². The molecule has 1 unspecified atom stereocenters. The molecule has 0 amide bonds. The van der Waals surface area contributed by atoms with E-state index in [-0.39, 0.29) is 5.75 Å². The summed E-state index contributed by atoms with van der Waals surface area (Å²) in [4.78, 5) is 19.1. The van der Waals surface area contributed by atoms with Crippen LogP contribution in [-0.4, -0.2) is 49.5 Å². The topological polar surface area (TPSA) is 81.1 Å². The molecule has 4 rings (SSSR count). The van der Waals surface area contributed by atoms with Crippen molar-refractivity contribution in [3.63, 3.8) is 0 Å². The molecule has 1 aliphatic rings. The van der Waals surface area contributed by atoms with E-state index >= 15 is 0 Å². The van der Waals surface area contributed by atoms with E-state index in [0.717, 1.165) is 30.0 Å². The summed E-state index contributed by atoms with van der Waals surface area (Å²) in [5.41, 5.74) is 2.53. The molecule has 0 spiro atoms. The summed E-state index contributed by atoms with van der Waals surface area (Å²) in [7, 11) is 1.31. The molecule has 0 bridgehead atoms. The van der Waals surface area contributed by atoms with Gasteiger partial charge in [-0.3, -0.25) is 0 Å². The van der Waals surface area contributed by atoms with Crippen LogP contribution in [0.5, 0.6) is 11.5 Å². The third-order valence-electron chi connectivity index (χ3n) is 5.10. The summed E-state index contributed by atoms with van der Waals surface area (Å²) >= 11 is 0. The molecule has 2 heterocycles. The van der Waals surface area contributed by atoms with Crippen molar-refractivity contribution in [3.05, 3.63) is 72.4 Å². The smallest absolute Gasteiger partial charge is 0.351 e. The second-order valence-electron chi connectivity index (χ2n) is 7.11. The summed E-state index contributed by atoms with van der Waals surface area (Å²) in [6.45, 7) is 2.98. The van der Waals surface area contributed by atoms with E-state index in [2.05, 4.69) is 9.88 Å². The van der Waals surface area contributed by atoms with Gasteiger partial charge in [-0.1, -0.05) is 24.3 Å². The lowest BCUT2D eigenvalue weighted by Gasteiger charge is -2.29. The van der Waals surface area contributed by atoms with Crippen LogP contribution in [0.15, 0.2) is 66.9 Å². The molecule has 3 aromatic rings. The number of esters is 1. The van der Waals surface area contributed by atoms with Crippen LogP contribution in [0.25, 0.3) is 11.1 Å². The number of methoxy groups -OCH3 is 1. The first-order valence-electron chi connectivity index (χ1n) is 10.1. The number of aromatic nitrogens is 1. The van der Waals surface area contributed by atoms with Crippen LogP contribution >= 0.6 is 0 Å². The van der Waals surface area contributed by atoms with Gasteiger partial charge in [-0.25, -0.2) is 9.78 Å². The van der Waals surface area contributed by atoms with E-state index in [1.807, 2.05) is 36.4 Å². The van der Waals surface area contributed by atoms with Crippen molar-refractivity contribution in [3.8, 4) is 22.6 Å². The Labute approximate surface area is 180 Å². The Morgan fingerprint density at radius 3 is 2.58 bits per heavy atom. The van der Waals surface area contributed by atoms with E-state index in [4.69, 9.17) is 14.2 Å². The number of carbonyl (C=O) groups excluding carboxylic acids is 1. The molecule has 0 saturated carbocycles. The van der Waals surface area contributed by atoms with Gasteiger partial charge >= 0.3 is 5.97 Å². The molecule has 1 saturated heterocycles. The molecule has 1 atom stereocenters. The zero-order chi connectivity index (χ0) is 21.6. The third-order valence-corrected chi connectivity index (χ3v) is 5.10. The number of aromatic hydroxyl groups is 1. The summed E-state index contributed by atoms with van der Waals surface area (Å²) in [6.07, 6.45) is 0.812. The zero-order valence-electron chi connectivity index (χ0n) is 17.2. The van der Waals surface area contributed by atoms with Crippen LogP contribution in [0.3, 0.4) is 0 Å². The molecule has 0 radical (unpaired) electrons. The van der Waals surface area contributed by atoms with Crippen LogP contribution in [-0.2, 0) is 14.3 Å². The molecule has 7 heteroatoms. The lowest BCUT2D eigenvalue weighted by molar-refractivity contribution is -0.149. The molecule has 1 aromatic heterocycles. The van der Waals surface area contributed by atoms with Gasteiger partial charge in [0.05, 0.1) is 20.3 Å². The number of phenolic OH excluding ortho intramolecular Hbond substituents is 1. The van der Waals surface area contributed by atoms with Crippen molar-refractivity contribution in [1.82, 2.24) is 4.98 Å². The Balaban J connectivity index is 1.57. The highest BCUT2D eigenvalue weighted by Gasteiger charge is 2.24. The molecule has 160 valence electrons. The van der Waals surface area contributed by atoms with E-state index < -0.39 is 12.1 Å². The Kier molecular flexibility index (Phi) is 6.33. The molecule has 0 aliphatic carbocycles. The number of carbonyl (C=O) groups is 1. The standard InChI is InChI=1S/C24H24N2O5/c1-29-24(28)22(18-4-2-5-19(27)16-18)31-20-9-7-17(8-10-20)21-6-3-11-25-23(21)26-12-14-30-15-13-26/h2-11,16,22,27H,12-15H2,1H3. The van der Waals surface area contributed by atoms with E-state index in [9.17, 15) is 9.90 Å². The maximum Gasteiger partial charge on any atom is 0.351 e. The number of rotatable bonds is 6. The number of phenols is 1. The zero-order valence-corrected chi connectivity index (χ0v) is 17.2. The Bertz CT molecular complexity index is 1030. The first-order valence-corrected chi connectivity index (χ1v) is 10.1. The molecule has 2 aromatic carbocycles. The summed E-state index contributed by atoms with van der Waals surface area (Å²) in [5.74, 6) is 0.945. The Morgan fingerprint density at radius 2 is 1.87 bits per heavy atom. The third kappa shape index (κ3) is 4.78. The van der Waals surface area contributed by atoms with Gasteiger partial charge in [-0.15, -0.1) is 0 Å². The molecular formula is C24H24N2O5. The summed E-state index contributed by atoms with van der Waals surface area (Å²) in [5, 5.41) is 9.75. The van der Waals surface area contributed by atoms with E-state index in [0.29, 0.717) is 24.5 Å². The quantitative estimate of drug-likeness (QED) is 0.611. The van der Waals surface area contributed by atoms with Crippen molar-refractivity contribution in [2.75, 3.05) is 38.3 Å². The van der Waals surface area contributed by atoms with Crippen molar-refractivity contribution < 1.29 is 24.1 Å². The minimum absolute atomic E-state index is 0.0533. The Morgan fingerprint density at radius 1 is 1.10 bits per heavy atom. The minimum atomic E-state index is -0.981. The first-order chi connectivity index (χ1) is 15.2. The van der Waals surface area contributed by atoms with Gasteiger partial charge in [0.1, 0.15) is 17.3 Å². The van der Waals surface area contributed by atoms with Crippen molar-refractivity contribution in [1.29, 1.82) is 0 Å². The molecule has 1 fully saturated rings. The number of nitrogens with zero attached hydrogens (tertiary/aromatic N) is 2. The average Bonchev–Trinajstić information content (AvgIpc) is 2.83. The number of hydrogen-bond donors (Lipinski definition) is 1. The van der Waals surface area contributed by atoms with Gasteiger partial charge in [0.2, 0.25) is 6.10 Å². The normalized spacial score (nSPS) is 14.7. The van der Waals surface area contributed by atoms with Crippen molar-refractivity contribution in [2.45, 2.75) is 6.10 Å². The van der Waals surface area contributed by atoms with Crippen LogP contribution in [0, 0.1) is 0 Å². The van der Waals surface area contributed by atoms with Crippen LogP contribution in [0.2, 0.25) is 0 Å². The molecule has 1 N–H and O–H groups in total. The number of pyridine rings is 1. The van der Waals surface area contributed by atoms with Gasteiger partial charge < -0.3 is 24.2 Å². The van der Waals surface area contributed by atoms with Crippen molar-refractivity contribution >= 4 is 11.8 Å². The average molecular weight is 420 g/mol. The SMILES string of the molecule is COC(=O)C(Oc1ccc(-c2cccnc2N2CCOCC2)cc1)c1cccc(O)c1. The molecule has 31 heavy (non-hydrogen) atoms. The van der Waals surface area contributed by atoms with E-state index in [1.165, 1.54) is 19.2 Å². The number of benzene rings is 2. The highest BCUT2D eigenvalue weighted by atomic mass is 16.6. The fourth-order valence-electron chi connectivity index (χ4n) is 3.55. The minimum Gasteiger partial charge on any atom is -0.508 e. The largest absolute Gasteiger partial charge is 0.508 e. The number of anilines is 1. The fourth-order valence-corrected chi connectivity index (χ4v) is 3.55. The van der Waals surface area contributed by atoms with E-state index in [1.54, 1.807) is 18.3 Å². The highest BCUT2D eigenvalue weighted by molar-refractivity contribution is 5.78. The first kappa shape index (κ1) is 20.7. The van der Waals surface area contributed by atoms with Crippen LogP contribution in [0.4, 0.5) is 5.82 Å². The number of morpholine rings is 1.